The minimum atomic E-state index is -0.249. The first-order chi connectivity index (χ1) is 9.08. The molecule has 0 aliphatic rings. The van der Waals surface area contributed by atoms with E-state index in [9.17, 15) is 9.90 Å². The number of carbonyl (C=O) groups excluding carboxylic acids is 1. The number of nitrogens with one attached hydrogen (secondary N) is 1. The van der Waals surface area contributed by atoms with Gasteiger partial charge in [-0.3, -0.25) is 4.79 Å². The summed E-state index contributed by atoms with van der Waals surface area (Å²) in [4.78, 5) is 21.0. The maximum absolute atomic E-state index is 12.3. The Morgan fingerprint density at radius 2 is 2.11 bits per heavy atom. The van der Waals surface area contributed by atoms with Gasteiger partial charge in [-0.1, -0.05) is 12.1 Å². The van der Waals surface area contributed by atoms with Gasteiger partial charge in [0, 0.05) is 19.4 Å². The molecule has 2 N–H and O–H groups in total. The number of benzene rings is 1. The van der Waals surface area contributed by atoms with Crippen LogP contribution in [0.2, 0.25) is 0 Å². The SMILES string of the molecule is C[C@@H](C(=O)N(C)Cc1ncc[nH]1)c1ccc(O)cc1. The Morgan fingerprint density at radius 3 is 2.68 bits per heavy atom. The number of imidazole rings is 1. The number of aromatic amines is 1. The second-order valence-electron chi connectivity index (χ2n) is 4.54. The van der Waals surface area contributed by atoms with E-state index in [0.29, 0.717) is 6.54 Å². The fraction of sp³-hybridized carbons (Fsp3) is 0.286. The Bertz CT molecular complexity index is 534. The molecule has 1 aromatic heterocycles. The predicted octanol–water partition coefficient (Wildman–Crippen LogP) is 1.88. The number of phenolic OH excluding ortho intramolecular Hbond substituents is 1. The third-order valence-corrected chi connectivity index (χ3v) is 3.08. The lowest BCUT2D eigenvalue weighted by molar-refractivity contribution is -0.131. The number of aromatic nitrogens is 2. The molecule has 5 nitrogen and oxygen atoms in total. The van der Waals surface area contributed by atoms with Crippen LogP contribution in [-0.2, 0) is 11.3 Å². The van der Waals surface area contributed by atoms with E-state index >= 15 is 0 Å². The van der Waals surface area contributed by atoms with Gasteiger partial charge in [0.05, 0.1) is 12.5 Å². The van der Waals surface area contributed by atoms with Crippen molar-refractivity contribution in [3.63, 3.8) is 0 Å². The minimum Gasteiger partial charge on any atom is -0.508 e. The van der Waals surface area contributed by atoms with E-state index in [1.54, 1.807) is 48.6 Å². The summed E-state index contributed by atoms with van der Waals surface area (Å²) in [7, 11) is 1.75. The molecule has 1 aromatic carbocycles. The maximum atomic E-state index is 12.3. The van der Waals surface area contributed by atoms with E-state index in [-0.39, 0.29) is 17.6 Å². The Kier molecular flexibility index (Phi) is 3.85. The van der Waals surface area contributed by atoms with Crippen molar-refractivity contribution in [2.24, 2.45) is 0 Å². The zero-order chi connectivity index (χ0) is 13.8. The Labute approximate surface area is 111 Å². The zero-order valence-electron chi connectivity index (χ0n) is 11.0. The molecule has 2 rings (SSSR count). The van der Waals surface area contributed by atoms with Crippen LogP contribution in [0.15, 0.2) is 36.7 Å². The standard InChI is InChI=1S/C14H17N3O2/c1-10(11-3-5-12(18)6-4-11)14(19)17(2)9-13-15-7-8-16-13/h3-8,10,18H,9H2,1-2H3,(H,15,16)/t10-/m1/s1. The number of amides is 1. The topological polar surface area (TPSA) is 69.2 Å². The van der Waals surface area contributed by atoms with Crippen molar-refractivity contribution >= 4 is 5.91 Å². The number of hydrogen-bond donors (Lipinski definition) is 2. The third-order valence-electron chi connectivity index (χ3n) is 3.08. The van der Waals surface area contributed by atoms with Crippen LogP contribution in [0.3, 0.4) is 0 Å². The Hall–Kier alpha value is -2.30. The molecule has 0 aliphatic carbocycles. The number of hydrogen-bond acceptors (Lipinski definition) is 3. The Morgan fingerprint density at radius 1 is 1.42 bits per heavy atom. The number of rotatable bonds is 4. The highest BCUT2D eigenvalue weighted by Crippen LogP contribution is 2.20. The van der Waals surface area contributed by atoms with E-state index in [2.05, 4.69) is 9.97 Å². The monoisotopic (exact) mass is 259 g/mol. The second kappa shape index (κ2) is 5.56. The van der Waals surface area contributed by atoms with Gasteiger partial charge >= 0.3 is 0 Å². The van der Waals surface area contributed by atoms with Crippen molar-refractivity contribution in [1.29, 1.82) is 0 Å². The predicted molar refractivity (Wildman–Crippen MR) is 71.6 cm³/mol. The normalized spacial score (nSPS) is 12.1. The largest absolute Gasteiger partial charge is 0.508 e. The third kappa shape index (κ3) is 3.13. The molecule has 1 heterocycles. The van der Waals surface area contributed by atoms with Gasteiger partial charge in [-0.25, -0.2) is 4.98 Å². The van der Waals surface area contributed by atoms with Crippen LogP contribution in [0.4, 0.5) is 0 Å². The summed E-state index contributed by atoms with van der Waals surface area (Å²) in [5.74, 6) is 0.726. The quantitative estimate of drug-likeness (QED) is 0.880. The molecular weight excluding hydrogens is 242 g/mol. The first kappa shape index (κ1) is 13.1. The van der Waals surface area contributed by atoms with Crippen LogP contribution in [0.25, 0.3) is 0 Å². The van der Waals surface area contributed by atoms with Crippen LogP contribution < -0.4 is 0 Å². The van der Waals surface area contributed by atoms with Gasteiger partial charge in [0.25, 0.3) is 0 Å². The van der Waals surface area contributed by atoms with Crippen molar-refractivity contribution in [1.82, 2.24) is 14.9 Å². The number of phenols is 1. The lowest BCUT2D eigenvalue weighted by Crippen LogP contribution is -2.30. The van der Waals surface area contributed by atoms with Gasteiger partial charge in [0.15, 0.2) is 0 Å². The highest BCUT2D eigenvalue weighted by molar-refractivity contribution is 5.83. The molecule has 2 aromatic rings. The summed E-state index contributed by atoms with van der Waals surface area (Å²) in [6, 6.07) is 6.70. The molecular formula is C14H17N3O2. The smallest absolute Gasteiger partial charge is 0.229 e. The minimum absolute atomic E-state index is 0.0158. The molecule has 0 saturated heterocycles. The average Bonchev–Trinajstić information content (AvgIpc) is 2.90. The molecule has 0 bridgehead atoms. The van der Waals surface area contributed by atoms with Gasteiger partial charge in [0.2, 0.25) is 5.91 Å². The fourth-order valence-corrected chi connectivity index (χ4v) is 1.92. The first-order valence-electron chi connectivity index (χ1n) is 6.10. The van der Waals surface area contributed by atoms with Crippen LogP contribution >= 0.6 is 0 Å². The molecule has 19 heavy (non-hydrogen) atoms. The molecule has 0 unspecified atom stereocenters. The van der Waals surface area contributed by atoms with E-state index < -0.39 is 0 Å². The summed E-state index contributed by atoms with van der Waals surface area (Å²) in [6.45, 7) is 2.31. The fourth-order valence-electron chi connectivity index (χ4n) is 1.92. The molecule has 1 atom stereocenters. The zero-order valence-corrected chi connectivity index (χ0v) is 11.0. The van der Waals surface area contributed by atoms with Gasteiger partial charge in [-0.05, 0) is 24.6 Å². The first-order valence-corrected chi connectivity index (χ1v) is 6.10. The second-order valence-corrected chi connectivity index (χ2v) is 4.54. The number of aromatic hydroxyl groups is 1. The summed E-state index contributed by atoms with van der Waals surface area (Å²) in [6.07, 6.45) is 3.40. The number of nitrogens with zero attached hydrogens (tertiary/aromatic N) is 2. The number of H-pyrrole nitrogens is 1. The summed E-state index contributed by atoms with van der Waals surface area (Å²) < 4.78 is 0. The molecule has 0 radical (unpaired) electrons. The highest BCUT2D eigenvalue weighted by atomic mass is 16.3. The molecule has 0 saturated carbocycles. The van der Waals surface area contributed by atoms with Crippen LogP contribution in [0.5, 0.6) is 5.75 Å². The van der Waals surface area contributed by atoms with Crippen molar-refractivity contribution in [2.45, 2.75) is 19.4 Å². The number of likely N-dealkylation sites (N-methyl/N-ethyl adjacent to an activating group) is 1. The van der Waals surface area contributed by atoms with Crippen molar-refractivity contribution in [2.75, 3.05) is 7.05 Å². The van der Waals surface area contributed by atoms with Crippen molar-refractivity contribution < 1.29 is 9.90 Å². The summed E-state index contributed by atoms with van der Waals surface area (Å²) >= 11 is 0. The van der Waals surface area contributed by atoms with E-state index in [1.807, 2.05) is 6.92 Å². The van der Waals surface area contributed by atoms with Gasteiger partial charge in [-0.2, -0.15) is 0 Å². The van der Waals surface area contributed by atoms with Gasteiger partial charge in [0.1, 0.15) is 11.6 Å². The number of carbonyl (C=O) groups is 1. The molecule has 1 amide bonds. The van der Waals surface area contributed by atoms with Crippen molar-refractivity contribution in [3.8, 4) is 5.75 Å². The maximum Gasteiger partial charge on any atom is 0.229 e. The average molecular weight is 259 g/mol. The van der Waals surface area contributed by atoms with E-state index in [0.717, 1.165) is 11.4 Å². The van der Waals surface area contributed by atoms with E-state index in [4.69, 9.17) is 0 Å². The van der Waals surface area contributed by atoms with Crippen molar-refractivity contribution in [3.05, 3.63) is 48.0 Å². The molecule has 0 spiro atoms. The molecule has 0 fully saturated rings. The highest BCUT2D eigenvalue weighted by Gasteiger charge is 2.19. The van der Waals surface area contributed by atoms with Gasteiger partial charge in [-0.15, -0.1) is 0 Å². The lowest BCUT2D eigenvalue weighted by atomic mass is 10.00. The van der Waals surface area contributed by atoms with Crippen LogP contribution in [0, 0.1) is 0 Å². The lowest BCUT2D eigenvalue weighted by Gasteiger charge is -2.20. The van der Waals surface area contributed by atoms with Crippen LogP contribution in [0.1, 0.15) is 24.2 Å². The molecule has 100 valence electrons. The van der Waals surface area contributed by atoms with Gasteiger partial charge < -0.3 is 15.0 Å². The van der Waals surface area contributed by atoms with E-state index in [1.165, 1.54) is 0 Å². The molecule has 0 aliphatic heterocycles. The van der Waals surface area contributed by atoms with Crippen LogP contribution in [-0.4, -0.2) is 32.9 Å². The molecule has 5 heteroatoms. The summed E-state index contributed by atoms with van der Waals surface area (Å²) in [5, 5.41) is 9.25. The summed E-state index contributed by atoms with van der Waals surface area (Å²) in [5.41, 5.74) is 0.883. The Balaban J connectivity index is 2.04.